The van der Waals surface area contributed by atoms with Crippen LogP contribution in [0.4, 0.5) is 5.95 Å². The molecule has 0 saturated heterocycles. The van der Waals surface area contributed by atoms with Crippen LogP contribution in [0.25, 0.3) is 22.3 Å². The van der Waals surface area contributed by atoms with E-state index in [-0.39, 0.29) is 0 Å². The molecule has 3 heterocycles. The third kappa shape index (κ3) is 2.22. The van der Waals surface area contributed by atoms with Crippen LogP contribution in [0.2, 0.25) is 0 Å². The Morgan fingerprint density at radius 1 is 1.25 bits per heavy atom. The predicted molar refractivity (Wildman–Crippen MR) is 77.4 cm³/mol. The van der Waals surface area contributed by atoms with E-state index in [1.54, 1.807) is 6.20 Å². The lowest BCUT2D eigenvalue weighted by atomic mass is 10.2. The fourth-order valence-electron chi connectivity index (χ4n) is 2.03. The summed E-state index contributed by atoms with van der Waals surface area (Å²) in [4.78, 5) is 9.01. The zero-order chi connectivity index (χ0) is 13.9. The Morgan fingerprint density at radius 3 is 2.90 bits per heavy atom. The van der Waals surface area contributed by atoms with Crippen LogP contribution in [-0.4, -0.2) is 36.5 Å². The predicted octanol–water partition coefficient (Wildman–Crippen LogP) is 2.06. The minimum Gasteiger partial charge on any atom is -0.354 e. The molecule has 7 nitrogen and oxygen atoms in total. The Morgan fingerprint density at radius 2 is 2.15 bits per heavy atom. The van der Waals surface area contributed by atoms with Gasteiger partial charge in [-0.1, -0.05) is 6.92 Å². The molecule has 0 aliphatic heterocycles. The molecule has 20 heavy (non-hydrogen) atoms. The largest absolute Gasteiger partial charge is 0.354 e. The standard InChI is InChI=1S/C13H17N7/c1-3-5-14-13-17-11(9-6-16-20(4-2)8-9)10-7-15-19-12(10)18-13/h6-8H,3-5H2,1-2H3,(H2,14,15,17,18,19). The summed E-state index contributed by atoms with van der Waals surface area (Å²) >= 11 is 0. The molecule has 0 aliphatic rings. The highest BCUT2D eigenvalue weighted by molar-refractivity contribution is 5.90. The highest BCUT2D eigenvalue weighted by Crippen LogP contribution is 2.25. The van der Waals surface area contributed by atoms with Crippen LogP contribution in [0.1, 0.15) is 20.3 Å². The van der Waals surface area contributed by atoms with Gasteiger partial charge in [0.2, 0.25) is 5.95 Å². The van der Waals surface area contributed by atoms with Gasteiger partial charge in [0, 0.05) is 24.8 Å². The molecule has 0 saturated carbocycles. The molecule has 104 valence electrons. The van der Waals surface area contributed by atoms with Crippen molar-refractivity contribution in [2.24, 2.45) is 0 Å². The molecule has 0 amide bonds. The summed E-state index contributed by atoms with van der Waals surface area (Å²) in [6.07, 6.45) is 6.57. The van der Waals surface area contributed by atoms with Crippen LogP contribution in [0.3, 0.4) is 0 Å². The number of H-pyrrole nitrogens is 1. The van der Waals surface area contributed by atoms with E-state index in [1.807, 2.05) is 17.1 Å². The number of nitrogens with one attached hydrogen (secondary N) is 2. The average Bonchev–Trinajstić information content (AvgIpc) is 3.12. The third-order valence-electron chi connectivity index (χ3n) is 3.07. The zero-order valence-corrected chi connectivity index (χ0v) is 11.6. The maximum atomic E-state index is 4.59. The molecule has 7 heteroatoms. The number of nitrogens with zero attached hydrogens (tertiary/aromatic N) is 5. The highest BCUT2D eigenvalue weighted by Gasteiger charge is 2.12. The molecule has 3 aromatic rings. The molecule has 2 N–H and O–H groups in total. The van der Waals surface area contributed by atoms with Crippen molar-refractivity contribution in [3.63, 3.8) is 0 Å². The smallest absolute Gasteiger partial charge is 0.225 e. The second kappa shape index (κ2) is 5.28. The quantitative estimate of drug-likeness (QED) is 0.742. The number of hydrogen-bond acceptors (Lipinski definition) is 5. The van der Waals surface area contributed by atoms with E-state index in [9.17, 15) is 0 Å². The number of hydrogen-bond donors (Lipinski definition) is 2. The van der Waals surface area contributed by atoms with Crippen molar-refractivity contribution in [3.8, 4) is 11.3 Å². The molecule has 0 aromatic carbocycles. The maximum Gasteiger partial charge on any atom is 0.225 e. The van der Waals surface area contributed by atoms with Crippen LogP contribution in [0.15, 0.2) is 18.6 Å². The van der Waals surface area contributed by atoms with Gasteiger partial charge in [0.1, 0.15) is 0 Å². The Hall–Kier alpha value is -2.44. The van der Waals surface area contributed by atoms with Gasteiger partial charge in [-0.3, -0.25) is 9.78 Å². The highest BCUT2D eigenvalue weighted by atomic mass is 15.3. The SMILES string of the molecule is CCCNc1nc(-c2cnn(CC)c2)c2cn[nH]c2n1. The van der Waals surface area contributed by atoms with Crippen molar-refractivity contribution in [1.29, 1.82) is 0 Å². The first-order valence-electron chi connectivity index (χ1n) is 6.79. The minimum atomic E-state index is 0.614. The first-order valence-corrected chi connectivity index (χ1v) is 6.79. The van der Waals surface area contributed by atoms with Crippen LogP contribution in [-0.2, 0) is 6.54 Å². The van der Waals surface area contributed by atoms with Gasteiger partial charge in [-0.15, -0.1) is 0 Å². The fraction of sp³-hybridized carbons (Fsp3) is 0.385. The van der Waals surface area contributed by atoms with Crippen LogP contribution < -0.4 is 5.32 Å². The van der Waals surface area contributed by atoms with Crippen molar-refractivity contribution in [1.82, 2.24) is 29.9 Å². The lowest BCUT2D eigenvalue weighted by molar-refractivity contribution is 0.660. The lowest BCUT2D eigenvalue weighted by Crippen LogP contribution is -2.05. The molecule has 0 fully saturated rings. The van der Waals surface area contributed by atoms with E-state index in [4.69, 9.17) is 0 Å². The summed E-state index contributed by atoms with van der Waals surface area (Å²) in [7, 11) is 0. The molecule has 3 rings (SSSR count). The number of aryl methyl sites for hydroxylation is 1. The molecule has 0 atom stereocenters. The zero-order valence-electron chi connectivity index (χ0n) is 11.6. The molecule has 0 bridgehead atoms. The van der Waals surface area contributed by atoms with Crippen molar-refractivity contribution in [2.45, 2.75) is 26.8 Å². The van der Waals surface area contributed by atoms with Gasteiger partial charge in [-0.05, 0) is 13.3 Å². The topological polar surface area (TPSA) is 84.3 Å². The van der Waals surface area contributed by atoms with E-state index in [0.717, 1.165) is 41.8 Å². The molecular weight excluding hydrogens is 254 g/mol. The lowest BCUT2D eigenvalue weighted by Gasteiger charge is -2.05. The minimum absolute atomic E-state index is 0.614. The number of aromatic nitrogens is 6. The van der Waals surface area contributed by atoms with Gasteiger partial charge < -0.3 is 5.32 Å². The maximum absolute atomic E-state index is 4.59. The van der Waals surface area contributed by atoms with E-state index < -0.39 is 0 Å². The van der Waals surface area contributed by atoms with Gasteiger partial charge in [-0.25, -0.2) is 4.98 Å². The van der Waals surface area contributed by atoms with E-state index in [2.05, 4.69) is 44.4 Å². The summed E-state index contributed by atoms with van der Waals surface area (Å²) in [6.45, 7) is 5.83. The van der Waals surface area contributed by atoms with E-state index in [1.165, 1.54) is 0 Å². The molecule has 0 radical (unpaired) electrons. The van der Waals surface area contributed by atoms with Gasteiger partial charge in [0.05, 0.1) is 23.5 Å². The van der Waals surface area contributed by atoms with E-state index >= 15 is 0 Å². The summed E-state index contributed by atoms with van der Waals surface area (Å²) < 4.78 is 1.88. The molecule has 0 spiro atoms. The second-order valence-electron chi connectivity index (χ2n) is 4.54. The van der Waals surface area contributed by atoms with Crippen LogP contribution >= 0.6 is 0 Å². The van der Waals surface area contributed by atoms with Gasteiger partial charge in [0.25, 0.3) is 0 Å². The second-order valence-corrected chi connectivity index (χ2v) is 4.54. The first-order chi connectivity index (χ1) is 9.81. The summed E-state index contributed by atoms with van der Waals surface area (Å²) in [5, 5.41) is 15.4. The Bertz CT molecular complexity index is 712. The van der Waals surface area contributed by atoms with Crippen molar-refractivity contribution < 1.29 is 0 Å². The Labute approximate surface area is 116 Å². The summed E-state index contributed by atoms with van der Waals surface area (Å²) in [5.41, 5.74) is 2.56. The van der Waals surface area contributed by atoms with Gasteiger partial charge in [0.15, 0.2) is 5.65 Å². The molecule has 0 unspecified atom stereocenters. The first kappa shape index (κ1) is 12.6. The number of fused-ring (bicyclic) bond motifs is 1. The van der Waals surface area contributed by atoms with Crippen LogP contribution in [0.5, 0.6) is 0 Å². The number of aromatic amines is 1. The van der Waals surface area contributed by atoms with Crippen molar-refractivity contribution >= 4 is 17.0 Å². The summed E-state index contributed by atoms with van der Waals surface area (Å²) in [6, 6.07) is 0. The number of anilines is 1. The summed E-state index contributed by atoms with van der Waals surface area (Å²) in [5.74, 6) is 0.614. The van der Waals surface area contributed by atoms with Gasteiger partial charge >= 0.3 is 0 Å². The van der Waals surface area contributed by atoms with Crippen LogP contribution in [0, 0.1) is 0 Å². The monoisotopic (exact) mass is 271 g/mol. The van der Waals surface area contributed by atoms with Crippen molar-refractivity contribution in [2.75, 3.05) is 11.9 Å². The Balaban J connectivity index is 2.09. The fourth-order valence-corrected chi connectivity index (χ4v) is 2.03. The normalized spacial score (nSPS) is 11.1. The average molecular weight is 271 g/mol. The molecule has 0 aliphatic carbocycles. The molecule has 3 aromatic heterocycles. The Kier molecular flexibility index (Phi) is 3.32. The van der Waals surface area contributed by atoms with Crippen molar-refractivity contribution in [3.05, 3.63) is 18.6 Å². The number of rotatable bonds is 5. The third-order valence-corrected chi connectivity index (χ3v) is 3.07. The van der Waals surface area contributed by atoms with Gasteiger partial charge in [-0.2, -0.15) is 15.2 Å². The van der Waals surface area contributed by atoms with E-state index in [0.29, 0.717) is 5.95 Å². The molecular formula is C13H17N7.